The Bertz CT molecular complexity index is 654. The number of hydrogen-bond donors (Lipinski definition) is 1. The lowest BCUT2D eigenvalue weighted by atomic mass is 10.0. The summed E-state index contributed by atoms with van der Waals surface area (Å²) in [6.07, 6.45) is 0.955. The van der Waals surface area contributed by atoms with E-state index in [0.29, 0.717) is 10.9 Å². The summed E-state index contributed by atoms with van der Waals surface area (Å²) in [5.74, 6) is -0.407. The molecule has 4 nitrogen and oxygen atoms in total. The molecule has 1 atom stereocenters. The molecule has 21 heavy (non-hydrogen) atoms. The highest BCUT2D eigenvalue weighted by molar-refractivity contribution is 7.99. The molecule has 1 aromatic carbocycles. The number of carboxylic acids is 1. The molecule has 1 unspecified atom stereocenters. The van der Waals surface area contributed by atoms with Crippen LogP contribution in [0.4, 0.5) is 0 Å². The monoisotopic (exact) mass is 326 g/mol. The second kappa shape index (κ2) is 6.71. The molecule has 0 radical (unpaired) electrons. The molecule has 0 aliphatic heterocycles. The van der Waals surface area contributed by atoms with E-state index >= 15 is 0 Å². The lowest BCUT2D eigenvalue weighted by Gasteiger charge is -2.23. The molecule has 2 rings (SSSR count). The maximum Gasteiger partial charge on any atom is 0.313 e. The Morgan fingerprint density at radius 1 is 1.48 bits per heavy atom. The molecule has 0 aliphatic carbocycles. The van der Waals surface area contributed by atoms with Crippen molar-refractivity contribution in [3.8, 4) is 0 Å². The van der Waals surface area contributed by atoms with Gasteiger partial charge in [-0.15, -0.1) is 0 Å². The van der Waals surface area contributed by atoms with Gasteiger partial charge >= 0.3 is 5.97 Å². The first-order valence-corrected chi connectivity index (χ1v) is 8.32. The number of fused-ring (bicyclic) bond motifs is 1. The van der Waals surface area contributed by atoms with Gasteiger partial charge in [0.2, 0.25) is 0 Å². The first-order chi connectivity index (χ1) is 9.93. The van der Waals surface area contributed by atoms with Crippen LogP contribution in [0.25, 0.3) is 11.0 Å². The Morgan fingerprint density at radius 2 is 2.19 bits per heavy atom. The summed E-state index contributed by atoms with van der Waals surface area (Å²) in [4.78, 5) is 15.4. The molecule has 0 saturated carbocycles. The summed E-state index contributed by atoms with van der Waals surface area (Å²) in [7, 11) is 0. The van der Waals surface area contributed by atoms with Crippen molar-refractivity contribution < 1.29 is 9.90 Å². The minimum atomic E-state index is -0.839. The first-order valence-electron chi connectivity index (χ1n) is 6.96. The van der Waals surface area contributed by atoms with E-state index in [1.165, 1.54) is 11.8 Å². The van der Waals surface area contributed by atoms with E-state index in [2.05, 4.69) is 30.3 Å². The fourth-order valence-electron chi connectivity index (χ4n) is 2.54. The number of thioether (sulfide) groups is 1. The third-order valence-corrected chi connectivity index (χ3v) is 4.64. The van der Waals surface area contributed by atoms with Crippen molar-refractivity contribution in [1.29, 1.82) is 0 Å². The normalized spacial score (nSPS) is 13.0. The minimum absolute atomic E-state index is 0.00554. The summed E-state index contributed by atoms with van der Waals surface area (Å²) in [5, 5.41) is 10.3. The van der Waals surface area contributed by atoms with Gasteiger partial charge in [-0.1, -0.05) is 44.1 Å². The van der Waals surface area contributed by atoms with Crippen LogP contribution in [0.3, 0.4) is 0 Å². The maximum atomic E-state index is 10.8. The van der Waals surface area contributed by atoms with E-state index in [4.69, 9.17) is 16.7 Å². The zero-order valence-electron chi connectivity index (χ0n) is 12.3. The van der Waals surface area contributed by atoms with Crippen LogP contribution in [-0.2, 0) is 4.79 Å². The highest BCUT2D eigenvalue weighted by Gasteiger charge is 2.21. The number of aliphatic carboxylic acids is 1. The molecule has 0 aliphatic rings. The number of imidazole rings is 1. The van der Waals surface area contributed by atoms with Gasteiger partial charge in [-0.3, -0.25) is 4.79 Å². The van der Waals surface area contributed by atoms with Crippen molar-refractivity contribution in [3.63, 3.8) is 0 Å². The zero-order chi connectivity index (χ0) is 15.6. The molecule has 0 amide bonds. The first kappa shape index (κ1) is 16.2. The topological polar surface area (TPSA) is 55.1 Å². The Kier molecular flexibility index (Phi) is 5.17. The SMILES string of the molecule is CCC(C(C)C)n1c(SCC(=O)O)nc2ccc(Cl)cc21. The molecule has 0 bridgehead atoms. The number of hydrogen-bond acceptors (Lipinski definition) is 3. The van der Waals surface area contributed by atoms with E-state index in [1.807, 2.05) is 18.2 Å². The number of halogens is 1. The highest BCUT2D eigenvalue weighted by Crippen LogP contribution is 2.33. The second-order valence-corrected chi connectivity index (χ2v) is 6.68. The predicted octanol–water partition coefficient (Wildman–Crippen LogP) is 4.47. The molecule has 1 heterocycles. The molecule has 0 fully saturated rings. The van der Waals surface area contributed by atoms with Gasteiger partial charge in [0.1, 0.15) is 0 Å². The number of benzene rings is 1. The summed E-state index contributed by atoms with van der Waals surface area (Å²) in [5.41, 5.74) is 1.82. The number of carbonyl (C=O) groups is 1. The third kappa shape index (κ3) is 3.52. The lowest BCUT2D eigenvalue weighted by molar-refractivity contribution is -0.133. The summed E-state index contributed by atoms with van der Waals surface area (Å²) < 4.78 is 2.14. The van der Waals surface area contributed by atoms with Crippen LogP contribution in [0, 0.1) is 5.92 Å². The zero-order valence-corrected chi connectivity index (χ0v) is 13.9. The molecule has 2 aromatic rings. The molecule has 0 spiro atoms. The Balaban J connectivity index is 2.57. The minimum Gasteiger partial charge on any atom is -0.481 e. The molecule has 0 saturated heterocycles. The van der Waals surface area contributed by atoms with Crippen LogP contribution in [0.2, 0.25) is 5.02 Å². The van der Waals surface area contributed by atoms with E-state index in [0.717, 1.165) is 22.6 Å². The van der Waals surface area contributed by atoms with Gasteiger partial charge in [-0.2, -0.15) is 0 Å². The molecule has 1 aromatic heterocycles. The highest BCUT2D eigenvalue weighted by atomic mass is 35.5. The predicted molar refractivity (Wildman–Crippen MR) is 87.3 cm³/mol. The van der Waals surface area contributed by atoms with Crippen molar-refractivity contribution in [2.75, 3.05) is 5.75 Å². The Labute approximate surface area is 133 Å². The van der Waals surface area contributed by atoms with Crippen molar-refractivity contribution >= 4 is 40.4 Å². The van der Waals surface area contributed by atoms with Crippen LogP contribution in [0.5, 0.6) is 0 Å². The van der Waals surface area contributed by atoms with Crippen molar-refractivity contribution in [2.24, 2.45) is 5.92 Å². The van der Waals surface area contributed by atoms with Gasteiger partial charge in [-0.25, -0.2) is 4.98 Å². The second-order valence-electron chi connectivity index (χ2n) is 5.30. The van der Waals surface area contributed by atoms with Crippen LogP contribution >= 0.6 is 23.4 Å². The van der Waals surface area contributed by atoms with Crippen LogP contribution in [-0.4, -0.2) is 26.4 Å². The quantitative estimate of drug-likeness (QED) is 0.795. The fraction of sp³-hybridized carbons (Fsp3) is 0.467. The average molecular weight is 327 g/mol. The van der Waals surface area contributed by atoms with Crippen LogP contribution in [0.1, 0.15) is 33.2 Å². The Morgan fingerprint density at radius 3 is 2.76 bits per heavy atom. The number of nitrogens with zero attached hydrogens (tertiary/aromatic N) is 2. The van der Waals surface area contributed by atoms with Gasteiger partial charge in [0.05, 0.1) is 16.8 Å². The molecule has 6 heteroatoms. The van der Waals surface area contributed by atoms with Gasteiger partial charge < -0.3 is 9.67 Å². The van der Waals surface area contributed by atoms with Gasteiger partial charge in [0.25, 0.3) is 0 Å². The van der Waals surface area contributed by atoms with E-state index in [9.17, 15) is 4.79 Å². The van der Waals surface area contributed by atoms with Crippen molar-refractivity contribution in [1.82, 2.24) is 9.55 Å². The largest absolute Gasteiger partial charge is 0.481 e. The van der Waals surface area contributed by atoms with E-state index in [1.54, 1.807) is 0 Å². The van der Waals surface area contributed by atoms with Gasteiger partial charge in [-0.05, 0) is 30.5 Å². The number of rotatable bonds is 6. The lowest BCUT2D eigenvalue weighted by Crippen LogP contribution is -2.15. The molecule has 1 N–H and O–H groups in total. The number of carboxylic acid groups (broad SMARTS) is 1. The van der Waals surface area contributed by atoms with Gasteiger partial charge in [0.15, 0.2) is 5.16 Å². The third-order valence-electron chi connectivity index (χ3n) is 3.46. The summed E-state index contributed by atoms with van der Waals surface area (Å²) >= 11 is 7.37. The average Bonchev–Trinajstić information content (AvgIpc) is 2.75. The number of aromatic nitrogens is 2. The van der Waals surface area contributed by atoms with Gasteiger partial charge in [0, 0.05) is 11.1 Å². The molecular formula is C15H19ClN2O2S. The standard InChI is InChI=1S/C15H19ClN2O2S/c1-4-12(9(2)3)18-13-7-10(16)5-6-11(13)17-15(18)21-8-14(19)20/h5-7,9,12H,4,8H2,1-3H3,(H,19,20). The molecular weight excluding hydrogens is 308 g/mol. The smallest absolute Gasteiger partial charge is 0.313 e. The fourth-order valence-corrected chi connectivity index (χ4v) is 3.50. The summed E-state index contributed by atoms with van der Waals surface area (Å²) in [6, 6.07) is 5.86. The Hall–Kier alpha value is -1.20. The van der Waals surface area contributed by atoms with E-state index < -0.39 is 5.97 Å². The van der Waals surface area contributed by atoms with Crippen LogP contribution in [0.15, 0.2) is 23.4 Å². The van der Waals surface area contributed by atoms with E-state index in [-0.39, 0.29) is 11.8 Å². The van der Waals surface area contributed by atoms with Crippen LogP contribution < -0.4 is 0 Å². The maximum absolute atomic E-state index is 10.8. The molecule has 114 valence electrons. The van der Waals surface area contributed by atoms with Crippen molar-refractivity contribution in [2.45, 2.75) is 38.4 Å². The summed E-state index contributed by atoms with van der Waals surface area (Å²) in [6.45, 7) is 6.46. The van der Waals surface area contributed by atoms with Crippen molar-refractivity contribution in [3.05, 3.63) is 23.2 Å².